The number of fused-ring (bicyclic) bond motifs is 1. The van der Waals surface area contributed by atoms with Crippen LogP contribution in [-0.4, -0.2) is 79.2 Å². The SMILES string of the molecule is CNC(Cc1ccccc1)C(=O)NC1C(=O)N2C(CC[C@H]2C(=O)NCCc2ccc(OC)cc2)CC1CCO. The molecule has 0 aliphatic carbocycles. The van der Waals surface area contributed by atoms with Crippen LogP contribution in [0.3, 0.4) is 0 Å². The van der Waals surface area contributed by atoms with E-state index in [0.29, 0.717) is 38.6 Å². The summed E-state index contributed by atoms with van der Waals surface area (Å²) >= 11 is 0. The van der Waals surface area contributed by atoms with Crippen LogP contribution >= 0.6 is 0 Å². The van der Waals surface area contributed by atoms with Crippen LogP contribution in [0.15, 0.2) is 54.6 Å². The molecule has 2 saturated heterocycles. The van der Waals surface area contributed by atoms with Crippen molar-refractivity contribution in [1.82, 2.24) is 20.9 Å². The minimum atomic E-state index is -0.778. The van der Waals surface area contributed by atoms with E-state index < -0.39 is 18.1 Å². The van der Waals surface area contributed by atoms with E-state index in [4.69, 9.17) is 4.74 Å². The molecule has 0 bridgehead atoms. The van der Waals surface area contributed by atoms with E-state index in [1.165, 1.54) is 0 Å². The largest absolute Gasteiger partial charge is 0.497 e. The highest BCUT2D eigenvalue weighted by atomic mass is 16.5. The first-order valence-corrected chi connectivity index (χ1v) is 13.8. The predicted molar refractivity (Wildman–Crippen MR) is 148 cm³/mol. The van der Waals surface area contributed by atoms with Gasteiger partial charge in [-0.25, -0.2) is 0 Å². The molecule has 4 unspecified atom stereocenters. The molecule has 2 aliphatic rings. The van der Waals surface area contributed by atoms with Gasteiger partial charge in [0.05, 0.1) is 13.2 Å². The van der Waals surface area contributed by atoms with E-state index in [2.05, 4.69) is 16.0 Å². The minimum absolute atomic E-state index is 0.0637. The van der Waals surface area contributed by atoms with Gasteiger partial charge in [0.25, 0.3) is 0 Å². The number of piperidine rings is 1. The lowest BCUT2D eigenvalue weighted by molar-refractivity contribution is -0.149. The average Bonchev–Trinajstić information content (AvgIpc) is 3.39. The molecule has 4 N–H and O–H groups in total. The standard InChI is InChI=1S/C30H40N4O5/c1-31-25(18-21-6-4-3-5-7-21)28(36)33-27-22(15-17-35)19-23-10-13-26(34(23)30(27)38)29(37)32-16-14-20-8-11-24(39-2)12-9-20/h3-9,11-12,22-23,25-27,31,35H,10,13-19H2,1-2H3,(H,32,37)(H,33,36)/t22?,23?,25?,26-,27?/m0/s1. The van der Waals surface area contributed by atoms with Crippen LogP contribution in [0.4, 0.5) is 0 Å². The molecule has 2 aromatic rings. The molecule has 2 aliphatic heterocycles. The number of likely N-dealkylation sites (N-methyl/N-ethyl adjacent to an activating group) is 1. The van der Waals surface area contributed by atoms with Crippen molar-refractivity contribution in [1.29, 1.82) is 0 Å². The van der Waals surface area contributed by atoms with Gasteiger partial charge in [0.2, 0.25) is 17.7 Å². The zero-order valence-electron chi connectivity index (χ0n) is 22.8. The number of aliphatic hydroxyl groups is 1. The fourth-order valence-corrected chi connectivity index (χ4v) is 5.85. The van der Waals surface area contributed by atoms with Crippen LogP contribution in [0.5, 0.6) is 5.75 Å². The van der Waals surface area contributed by atoms with Crippen molar-refractivity contribution in [3.8, 4) is 5.75 Å². The van der Waals surface area contributed by atoms with E-state index in [-0.39, 0.29) is 36.3 Å². The van der Waals surface area contributed by atoms with Gasteiger partial charge in [-0.15, -0.1) is 0 Å². The molecule has 5 atom stereocenters. The van der Waals surface area contributed by atoms with Crippen LogP contribution in [-0.2, 0) is 27.2 Å². The monoisotopic (exact) mass is 536 g/mol. The molecule has 2 aromatic carbocycles. The van der Waals surface area contributed by atoms with Crippen molar-refractivity contribution in [2.24, 2.45) is 5.92 Å². The smallest absolute Gasteiger partial charge is 0.246 e. The second-order valence-corrected chi connectivity index (χ2v) is 10.4. The fraction of sp³-hybridized carbons (Fsp3) is 0.500. The molecule has 2 fully saturated rings. The predicted octanol–water partition coefficient (Wildman–Crippen LogP) is 1.43. The van der Waals surface area contributed by atoms with Crippen molar-refractivity contribution >= 4 is 17.7 Å². The zero-order valence-corrected chi connectivity index (χ0v) is 22.8. The third kappa shape index (κ3) is 6.96. The van der Waals surface area contributed by atoms with Crippen molar-refractivity contribution < 1.29 is 24.2 Å². The maximum atomic E-state index is 13.8. The number of nitrogens with zero attached hydrogens (tertiary/aromatic N) is 1. The Morgan fingerprint density at radius 2 is 1.82 bits per heavy atom. The molecule has 4 rings (SSSR count). The molecule has 3 amide bonds. The van der Waals surface area contributed by atoms with E-state index in [0.717, 1.165) is 23.3 Å². The van der Waals surface area contributed by atoms with Crippen molar-refractivity contribution in [2.75, 3.05) is 27.3 Å². The van der Waals surface area contributed by atoms with Crippen LogP contribution in [0, 0.1) is 5.92 Å². The van der Waals surface area contributed by atoms with Gasteiger partial charge in [-0.05, 0) is 74.8 Å². The summed E-state index contributed by atoms with van der Waals surface area (Å²) in [4.78, 5) is 41.9. The second-order valence-electron chi connectivity index (χ2n) is 10.4. The van der Waals surface area contributed by atoms with Gasteiger partial charge < -0.3 is 30.7 Å². The van der Waals surface area contributed by atoms with Gasteiger partial charge in [0.1, 0.15) is 17.8 Å². The maximum Gasteiger partial charge on any atom is 0.246 e. The van der Waals surface area contributed by atoms with E-state index in [1.807, 2.05) is 54.6 Å². The number of amides is 3. The average molecular weight is 537 g/mol. The van der Waals surface area contributed by atoms with Gasteiger partial charge in [-0.1, -0.05) is 42.5 Å². The lowest BCUT2D eigenvalue weighted by Crippen LogP contribution is -2.63. The van der Waals surface area contributed by atoms with Gasteiger partial charge in [0.15, 0.2) is 0 Å². The summed E-state index contributed by atoms with van der Waals surface area (Å²) in [7, 11) is 3.35. The van der Waals surface area contributed by atoms with Crippen LogP contribution < -0.4 is 20.7 Å². The number of nitrogens with one attached hydrogen (secondary N) is 3. The topological polar surface area (TPSA) is 120 Å². The number of benzene rings is 2. The molecule has 0 spiro atoms. The first kappa shape index (κ1) is 28.6. The Kier molecular flexibility index (Phi) is 9.95. The summed E-state index contributed by atoms with van der Waals surface area (Å²) in [6.07, 6.45) is 3.55. The quantitative estimate of drug-likeness (QED) is 0.326. The summed E-state index contributed by atoms with van der Waals surface area (Å²) in [5.41, 5.74) is 2.10. The van der Waals surface area contributed by atoms with E-state index in [1.54, 1.807) is 19.1 Å². The molecule has 210 valence electrons. The molecule has 2 heterocycles. The second kappa shape index (κ2) is 13.6. The fourth-order valence-electron chi connectivity index (χ4n) is 5.85. The Balaban J connectivity index is 1.39. The lowest BCUT2D eigenvalue weighted by Gasteiger charge is -2.42. The molecule has 9 nitrogen and oxygen atoms in total. The Morgan fingerprint density at radius 1 is 1.08 bits per heavy atom. The third-order valence-corrected chi connectivity index (χ3v) is 7.99. The number of carbonyl (C=O) groups is 3. The van der Waals surface area contributed by atoms with Gasteiger partial charge in [0, 0.05) is 19.2 Å². The molecular weight excluding hydrogens is 496 g/mol. The zero-order chi connectivity index (χ0) is 27.8. The first-order valence-electron chi connectivity index (χ1n) is 13.8. The molecule has 0 aromatic heterocycles. The summed E-state index contributed by atoms with van der Waals surface area (Å²) < 4.78 is 5.19. The Bertz CT molecular complexity index is 1110. The summed E-state index contributed by atoms with van der Waals surface area (Å²) in [5.74, 6) is -0.0621. The number of hydrogen-bond acceptors (Lipinski definition) is 6. The number of hydrogen-bond donors (Lipinski definition) is 4. The number of aliphatic hydroxyl groups excluding tert-OH is 1. The van der Waals surface area contributed by atoms with Gasteiger partial charge in [-0.2, -0.15) is 0 Å². The normalized spacial score (nSPS) is 23.2. The van der Waals surface area contributed by atoms with Gasteiger partial charge in [-0.3, -0.25) is 14.4 Å². The Hall–Kier alpha value is -3.43. The number of ether oxygens (including phenoxy) is 1. The number of methoxy groups -OCH3 is 1. The van der Waals surface area contributed by atoms with Gasteiger partial charge >= 0.3 is 0 Å². The Morgan fingerprint density at radius 3 is 2.49 bits per heavy atom. The minimum Gasteiger partial charge on any atom is -0.497 e. The van der Waals surface area contributed by atoms with Crippen molar-refractivity contribution in [2.45, 2.75) is 62.7 Å². The maximum absolute atomic E-state index is 13.8. The third-order valence-electron chi connectivity index (χ3n) is 7.99. The van der Waals surface area contributed by atoms with Crippen molar-refractivity contribution in [3.63, 3.8) is 0 Å². The lowest BCUT2D eigenvalue weighted by atomic mass is 9.84. The number of rotatable bonds is 12. The van der Waals surface area contributed by atoms with E-state index >= 15 is 0 Å². The first-order chi connectivity index (χ1) is 18.9. The summed E-state index contributed by atoms with van der Waals surface area (Å²) in [5, 5.41) is 18.7. The molecule has 9 heteroatoms. The highest BCUT2D eigenvalue weighted by Gasteiger charge is 2.50. The molecular formula is C30H40N4O5. The van der Waals surface area contributed by atoms with Crippen LogP contribution in [0.25, 0.3) is 0 Å². The molecule has 0 saturated carbocycles. The summed E-state index contributed by atoms with van der Waals surface area (Å²) in [6, 6.07) is 15.5. The van der Waals surface area contributed by atoms with Crippen LogP contribution in [0.1, 0.15) is 36.8 Å². The van der Waals surface area contributed by atoms with E-state index in [9.17, 15) is 19.5 Å². The highest BCUT2D eigenvalue weighted by Crippen LogP contribution is 2.36. The number of carbonyl (C=O) groups excluding carboxylic acids is 3. The molecule has 0 radical (unpaired) electrons. The highest BCUT2D eigenvalue weighted by molar-refractivity contribution is 5.94. The summed E-state index contributed by atoms with van der Waals surface area (Å²) in [6.45, 7) is 0.400. The Labute approximate surface area is 230 Å². The van der Waals surface area contributed by atoms with Crippen LogP contribution in [0.2, 0.25) is 0 Å². The van der Waals surface area contributed by atoms with Crippen molar-refractivity contribution in [3.05, 3.63) is 65.7 Å². The molecule has 39 heavy (non-hydrogen) atoms.